The number of fused-ring (bicyclic) bond motifs is 1. The Morgan fingerprint density at radius 2 is 2.28 bits per heavy atom. The molecule has 0 aromatic heterocycles. The largest absolute Gasteiger partial charge is 0.463 e. The fraction of sp³-hybridized carbons (Fsp3) is 0.500. The average molecular weight is 265 g/mol. The zero-order valence-electron chi connectivity index (χ0n) is 10.5. The minimum Gasteiger partial charge on any atom is -0.463 e. The molecule has 0 saturated carbocycles. The molecule has 96 valence electrons. The zero-order valence-corrected chi connectivity index (χ0v) is 11.3. The lowest BCUT2D eigenvalue weighted by molar-refractivity contribution is 0.256. The van der Waals surface area contributed by atoms with Crippen molar-refractivity contribution in [2.24, 2.45) is 4.99 Å². The second kappa shape index (κ2) is 4.81. The Bertz CT molecular complexity index is 487. The van der Waals surface area contributed by atoms with Gasteiger partial charge < -0.3 is 9.64 Å². The zero-order chi connectivity index (χ0) is 12.5. The summed E-state index contributed by atoms with van der Waals surface area (Å²) in [5, 5.41) is 0.750. The van der Waals surface area contributed by atoms with Crippen LogP contribution in [0.2, 0.25) is 5.02 Å². The first-order valence-electron chi connectivity index (χ1n) is 6.48. The van der Waals surface area contributed by atoms with Crippen molar-refractivity contribution in [2.75, 3.05) is 13.2 Å². The standard InChI is InChI=1S/C14H17ClN2O/c1-10-8-11(15)5-6-13(10)16-14-17-7-3-2-4-12(17)9-18-14/h5-6,8,12H,2-4,7,9H2,1H3. The van der Waals surface area contributed by atoms with Gasteiger partial charge in [-0.15, -0.1) is 0 Å². The van der Waals surface area contributed by atoms with Crippen LogP contribution in [0.5, 0.6) is 0 Å². The van der Waals surface area contributed by atoms with E-state index >= 15 is 0 Å². The number of nitrogens with zero attached hydrogens (tertiary/aromatic N) is 2. The highest BCUT2D eigenvalue weighted by Crippen LogP contribution is 2.27. The molecule has 2 aliphatic rings. The summed E-state index contributed by atoms with van der Waals surface area (Å²) in [5.74, 6) is 0. The van der Waals surface area contributed by atoms with Gasteiger partial charge >= 0.3 is 0 Å². The van der Waals surface area contributed by atoms with Crippen LogP contribution in [0, 0.1) is 6.92 Å². The number of amidine groups is 1. The summed E-state index contributed by atoms with van der Waals surface area (Å²) >= 11 is 5.95. The molecule has 18 heavy (non-hydrogen) atoms. The van der Waals surface area contributed by atoms with E-state index in [1.165, 1.54) is 19.3 Å². The third-order valence-corrected chi connectivity index (χ3v) is 3.89. The van der Waals surface area contributed by atoms with Crippen LogP contribution in [0.4, 0.5) is 5.69 Å². The SMILES string of the molecule is Cc1cc(Cl)ccc1N=C1OCC2CCCCN12. The second-order valence-corrected chi connectivity index (χ2v) is 5.42. The monoisotopic (exact) mass is 264 g/mol. The fourth-order valence-corrected chi connectivity index (χ4v) is 2.85. The van der Waals surface area contributed by atoms with Crippen LogP contribution in [0.3, 0.4) is 0 Å². The highest BCUT2D eigenvalue weighted by molar-refractivity contribution is 6.30. The number of piperidine rings is 1. The predicted molar refractivity (Wildman–Crippen MR) is 73.6 cm³/mol. The highest BCUT2D eigenvalue weighted by atomic mass is 35.5. The van der Waals surface area contributed by atoms with Gasteiger partial charge in [-0.05, 0) is 49.9 Å². The van der Waals surface area contributed by atoms with E-state index < -0.39 is 0 Å². The Labute approximate surface area is 112 Å². The molecule has 0 bridgehead atoms. The molecule has 0 radical (unpaired) electrons. The molecular formula is C14H17ClN2O. The smallest absolute Gasteiger partial charge is 0.293 e. The van der Waals surface area contributed by atoms with Crippen molar-refractivity contribution in [3.63, 3.8) is 0 Å². The van der Waals surface area contributed by atoms with Crippen LogP contribution in [0.15, 0.2) is 23.2 Å². The van der Waals surface area contributed by atoms with Gasteiger partial charge in [-0.3, -0.25) is 0 Å². The van der Waals surface area contributed by atoms with Crippen LogP contribution in [-0.2, 0) is 4.74 Å². The average Bonchev–Trinajstić information content (AvgIpc) is 2.76. The fourth-order valence-electron chi connectivity index (χ4n) is 2.62. The summed E-state index contributed by atoms with van der Waals surface area (Å²) in [6, 6.07) is 7.07. The van der Waals surface area contributed by atoms with E-state index in [0.29, 0.717) is 6.04 Å². The molecule has 2 heterocycles. The first-order chi connectivity index (χ1) is 8.74. The third kappa shape index (κ3) is 2.19. The van der Waals surface area contributed by atoms with Gasteiger partial charge in [-0.1, -0.05) is 11.6 Å². The molecule has 1 aromatic carbocycles. The molecule has 0 aliphatic carbocycles. The van der Waals surface area contributed by atoms with Crippen LogP contribution >= 0.6 is 11.6 Å². The predicted octanol–water partition coefficient (Wildman–Crippen LogP) is 3.52. The Morgan fingerprint density at radius 3 is 3.11 bits per heavy atom. The number of hydrogen-bond donors (Lipinski definition) is 0. The molecule has 3 rings (SSSR count). The molecule has 2 aliphatic heterocycles. The van der Waals surface area contributed by atoms with Crippen molar-refractivity contribution in [3.05, 3.63) is 28.8 Å². The van der Waals surface area contributed by atoms with Gasteiger partial charge in [0.15, 0.2) is 0 Å². The molecule has 0 N–H and O–H groups in total. The van der Waals surface area contributed by atoms with Crippen molar-refractivity contribution in [3.8, 4) is 0 Å². The lowest BCUT2D eigenvalue weighted by Crippen LogP contribution is -2.38. The minimum atomic E-state index is 0.533. The summed E-state index contributed by atoms with van der Waals surface area (Å²) in [5.41, 5.74) is 2.03. The maximum atomic E-state index is 5.95. The molecule has 2 fully saturated rings. The summed E-state index contributed by atoms with van der Waals surface area (Å²) in [7, 11) is 0. The number of ether oxygens (including phenoxy) is 1. The quantitative estimate of drug-likeness (QED) is 0.775. The lowest BCUT2D eigenvalue weighted by Gasteiger charge is -2.27. The maximum absolute atomic E-state index is 5.95. The van der Waals surface area contributed by atoms with Crippen molar-refractivity contribution in [1.29, 1.82) is 0 Å². The van der Waals surface area contributed by atoms with Crippen LogP contribution < -0.4 is 0 Å². The molecule has 0 amide bonds. The Hall–Kier alpha value is -1.22. The normalized spacial score (nSPS) is 25.1. The summed E-state index contributed by atoms with van der Waals surface area (Å²) < 4.78 is 5.73. The highest BCUT2D eigenvalue weighted by Gasteiger charge is 2.33. The van der Waals surface area contributed by atoms with E-state index in [-0.39, 0.29) is 0 Å². The lowest BCUT2D eigenvalue weighted by atomic mass is 10.0. The second-order valence-electron chi connectivity index (χ2n) is 4.98. The Balaban J connectivity index is 1.87. The van der Waals surface area contributed by atoms with E-state index in [2.05, 4.69) is 9.89 Å². The molecule has 0 spiro atoms. The van der Waals surface area contributed by atoms with Gasteiger partial charge in [0.1, 0.15) is 6.61 Å². The summed E-state index contributed by atoms with van der Waals surface area (Å²) in [4.78, 5) is 6.95. The van der Waals surface area contributed by atoms with Crippen molar-refractivity contribution in [1.82, 2.24) is 4.90 Å². The topological polar surface area (TPSA) is 24.8 Å². The summed E-state index contributed by atoms with van der Waals surface area (Å²) in [6.45, 7) is 3.87. The molecule has 3 nitrogen and oxygen atoms in total. The molecule has 1 unspecified atom stereocenters. The van der Waals surface area contributed by atoms with Crippen LogP contribution in [0.1, 0.15) is 24.8 Å². The minimum absolute atomic E-state index is 0.533. The number of aliphatic imine (C=N–C) groups is 1. The van der Waals surface area contributed by atoms with Crippen molar-refractivity contribution >= 4 is 23.3 Å². The van der Waals surface area contributed by atoms with Gasteiger partial charge in [-0.2, -0.15) is 4.99 Å². The van der Waals surface area contributed by atoms with Crippen LogP contribution in [-0.4, -0.2) is 30.1 Å². The Kier molecular flexibility index (Phi) is 3.16. The number of aryl methyl sites for hydroxylation is 1. The maximum Gasteiger partial charge on any atom is 0.293 e. The number of hydrogen-bond acceptors (Lipinski definition) is 2. The molecule has 2 saturated heterocycles. The van der Waals surface area contributed by atoms with Gasteiger partial charge in [0.25, 0.3) is 6.02 Å². The first-order valence-corrected chi connectivity index (χ1v) is 6.86. The van der Waals surface area contributed by atoms with Crippen LogP contribution in [0.25, 0.3) is 0 Å². The van der Waals surface area contributed by atoms with Gasteiger partial charge in [-0.25, -0.2) is 0 Å². The summed E-state index contributed by atoms with van der Waals surface area (Å²) in [6.07, 6.45) is 3.76. The number of halogens is 1. The number of benzene rings is 1. The van der Waals surface area contributed by atoms with E-state index in [0.717, 1.165) is 35.4 Å². The van der Waals surface area contributed by atoms with Crippen molar-refractivity contribution < 1.29 is 4.74 Å². The van der Waals surface area contributed by atoms with Gasteiger partial charge in [0, 0.05) is 11.6 Å². The van der Waals surface area contributed by atoms with Gasteiger partial charge in [0.2, 0.25) is 0 Å². The third-order valence-electron chi connectivity index (χ3n) is 3.65. The first kappa shape index (κ1) is 11.8. The number of rotatable bonds is 1. The van der Waals surface area contributed by atoms with Crippen molar-refractivity contribution in [2.45, 2.75) is 32.2 Å². The Morgan fingerprint density at radius 1 is 1.39 bits per heavy atom. The van der Waals surface area contributed by atoms with E-state index in [1.807, 2.05) is 25.1 Å². The molecule has 1 atom stereocenters. The van der Waals surface area contributed by atoms with E-state index in [1.54, 1.807) is 0 Å². The molecule has 1 aromatic rings. The molecule has 4 heteroatoms. The molecular weight excluding hydrogens is 248 g/mol. The van der Waals surface area contributed by atoms with E-state index in [9.17, 15) is 0 Å². The van der Waals surface area contributed by atoms with Gasteiger partial charge in [0.05, 0.1) is 11.7 Å². The van der Waals surface area contributed by atoms with E-state index in [4.69, 9.17) is 16.3 Å².